The summed E-state index contributed by atoms with van der Waals surface area (Å²) in [5.74, 6) is 0.283. The standard InChI is InChI=1S/C14H17N5O/c1-10-6-7-12(19-9-15-17-18-19)8-13(10)16-14(20)11-4-2-3-5-11/h6-9,11H,2-5H2,1H3,(H,16,20). The zero-order valence-corrected chi connectivity index (χ0v) is 11.4. The molecule has 1 N–H and O–H groups in total. The number of amides is 1. The number of anilines is 1. The number of aryl methyl sites for hydroxylation is 1. The third kappa shape index (κ3) is 2.54. The molecule has 1 amide bonds. The van der Waals surface area contributed by atoms with Gasteiger partial charge in [0.2, 0.25) is 5.91 Å². The second-order valence-electron chi connectivity index (χ2n) is 5.22. The van der Waals surface area contributed by atoms with Crippen molar-refractivity contribution in [2.75, 3.05) is 5.32 Å². The highest BCUT2D eigenvalue weighted by atomic mass is 16.1. The van der Waals surface area contributed by atoms with Gasteiger partial charge in [0.25, 0.3) is 0 Å². The molecule has 1 saturated carbocycles. The maximum Gasteiger partial charge on any atom is 0.227 e. The van der Waals surface area contributed by atoms with Gasteiger partial charge >= 0.3 is 0 Å². The van der Waals surface area contributed by atoms with E-state index in [1.807, 2.05) is 25.1 Å². The third-order valence-electron chi connectivity index (χ3n) is 3.82. The van der Waals surface area contributed by atoms with Crippen LogP contribution >= 0.6 is 0 Å². The van der Waals surface area contributed by atoms with Crippen LogP contribution in [0.3, 0.4) is 0 Å². The fourth-order valence-electron chi connectivity index (χ4n) is 2.59. The molecule has 1 heterocycles. The summed E-state index contributed by atoms with van der Waals surface area (Å²) in [7, 11) is 0. The molecule has 104 valence electrons. The largest absolute Gasteiger partial charge is 0.326 e. The quantitative estimate of drug-likeness (QED) is 0.927. The first-order valence-corrected chi connectivity index (χ1v) is 6.89. The molecular weight excluding hydrogens is 254 g/mol. The Morgan fingerprint density at radius 3 is 2.85 bits per heavy atom. The van der Waals surface area contributed by atoms with Crippen LogP contribution in [-0.2, 0) is 4.79 Å². The summed E-state index contributed by atoms with van der Waals surface area (Å²) in [6.07, 6.45) is 5.84. The normalized spacial score (nSPS) is 15.4. The van der Waals surface area contributed by atoms with Crippen molar-refractivity contribution in [3.8, 4) is 5.69 Å². The lowest BCUT2D eigenvalue weighted by Gasteiger charge is -2.13. The summed E-state index contributed by atoms with van der Waals surface area (Å²) >= 11 is 0. The minimum Gasteiger partial charge on any atom is -0.326 e. The van der Waals surface area contributed by atoms with Crippen LogP contribution in [0.5, 0.6) is 0 Å². The van der Waals surface area contributed by atoms with Crippen molar-refractivity contribution in [2.45, 2.75) is 32.6 Å². The van der Waals surface area contributed by atoms with E-state index in [0.29, 0.717) is 0 Å². The Morgan fingerprint density at radius 2 is 2.15 bits per heavy atom. The number of nitrogens with zero attached hydrogens (tertiary/aromatic N) is 4. The van der Waals surface area contributed by atoms with Gasteiger partial charge in [-0.05, 0) is 47.9 Å². The van der Waals surface area contributed by atoms with Crippen LogP contribution in [0.1, 0.15) is 31.2 Å². The van der Waals surface area contributed by atoms with Crippen LogP contribution in [0.4, 0.5) is 5.69 Å². The Hall–Kier alpha value is -2.24. The Morgan fingerprint density at radius 1 is 1.35 bits per heavy atom. The molecule has 0 unspecified atom stereocenters. The fraction of sp³-hybridized carbons (Fsp3) is 0.429. The summed E-state index contributed by atoms with van der Waals surface area (Å²) in [5.41, 5.74) is 2.70. The molecule has 3 rings (SSSR count). The van der Waals surface area contributed by atoms with Gasteiger partial charge in [0.15, 0.2) is 0 Å². The minimum absolute atomic E-state index is 0.125. The number of hydrogen-bond acceptors (Lipinski definition) is 4. The van der Waals surface area contributed by atoms with Crippen molar-refractivity contribution in [1.82, 2.24) is 20.2 Å². The number of carbonyl (C=O) groups is 1. The highest BCUT2D eigenvalue weighted by molar-refractivity contribution is 5.93. The first-order chi connectivity index (χ1) is 9.74. The van der Waals surface area contributed by atoms with Gasteiger partial charge in [-0.1, -0.05) is 18.9 Å². The van der Waals surface area contributed by atoms with Gasteiger partial charge in [0, 0.05) is 11.6 Å². The molecular formula is C14H17N5O. The second kappa shape index (κ2) is 5.40. The van der Waals surface area contributed by atoms with Gasteiger partial charge < -0.3 is 5.32 Å². The fourth-order valence-corrected chi connectivity index (χ4v) is 2.59. The van der Waals surface area contributed by atoms with E-state index in [4.69, 9.17) is 0 Å². The topological polar surface area (TPSA) is 72.7 Å². The predicted molar refractivity (Wildman–Crippen MR) is 74.5 cm³/mol. The molecule has 6 heteroatoms. The van der Waals surface area contributed by atoms with Gasteiger partial charge in [0.05, 0.1) is 5.69 Å². The highest BCUT2D eigenvalue weighted by Gasteiger charge is 2.23. The maximum absolute atomic E-state index is 12.2. The molecule has 0 aliphatic heterocycles. The molecule has 0 radical (unpaired) electrons. The van der Waals surface area contributed by atoms with Crippen LogP contribution in [0.15, 0.2) is 24.5 Å². The van der Waals surface area contributed by atoms with Crippen molar-refractivity contribution in [3.63, 3.8) is 0 Å². The van der Waals surface area contributed by atoms with Crippen molar-refractivity contribution in [2.24, 2.45) is 5.92 Å². The molecule has 0 spiro atoms. The van der Waals surface area contributed by atoms with Gasteiger partial charge in [-0.15, -0.1) is 5.10 Å². The molecule has 1 fully saturated rings. The number of carbonyl (C=O) groups excluding carboxylic acids is 1. The molecule has 6 nitrogen and oxygen atoms in total. The predicted octanol–water partition coefficient (Wildman–Crippen LogP) is 2.10. The average molecular weight is 271 g/mol. The Balaban J connectivity index is 1.81. The second-order valence-corrected chi connectivity index (χ2v) is 5.22. The van der Waals surface area contributed by atoms with Crippen LogP contribution in [0, 0.1) is 12.8 Å². The summed E-state index contributed by atoms with van der Waals surface area (Å²) in [6, 6.07) is 5.79. The van der Waals surface area contributed by atoms with Crippen LogP contribution < -0.4 is 5.32 Å². The molecule has 20 heavy (non-hydrogen) atoms. The Bertz CT molecular complexity index is 602. The Labute approximate surface area is 117 Å². The van der Waals surface area contributed by atoms with Crippen LogP contribution in [0.2, 0.25) is 0 Å². The first kappa shape index (κ1) is 12.8. The van der Waals surface area contributed by atoms with E-state index in [1.54, 1.807) is 4.68 Å². The summed E-state index contributed by atoms with van der Waals surface area (Å²) in [4.78, 5) is 12.2. The SMILES string of the molecule is Cc1ccc(-n2cnnn2)cc1NC(=O)C1CCCC1. The molecule has 0 bridgehead atoms. The monoisotopic (exact) mass is 271 g/mol. The Kier molecular flexibility index (Phi) is 3.45. The van der Waals surface area contributed by atoms with Crippen molar-refractivity contribution < 1.29 is 4.79 Å². The van der Waals surface area contributed by atoms with E-state index in [0.717, 1.165) is 42.6 Å². The minimum atomic E-state index is 0.125. The van der Waals surface area contributed by atoms with Crippen molar-refractivity contribution >= 4 is 11.6 Å². The lowest BCUT2D eigenvalue weighted by molar-refractivity contribution is -0.119. The van der Waals surface area contributed by atoms with E-state index in [2.05, 4.69) is 20.8 Å². The molecule has 2 aromatic rings. The van der Waals surface area contributed by atoms with Crippen LogP contribution in [-0.4, -0.2) is 26.1 Å². The van der Waals surface area contributed by atoms with Gasteiger partial charge in [-0.2, -0.15) is 0 Å². The van der Waals surface area contributed by atoms with Crippen LogP contribution in [0.25, 0.3) is 5.69 Å². The number of benzene rings is 1. The zero-order chi connectivity index (χ0) is 13.9. The number of tetrazole rings is 1. The number of hydrogen-bond donors (Lipinski definition) is 1. The summed E-state index contributed by atoms with van der Waals surface area (Å²) in [5, 5.41) is 14.1. The lowest BCUT2D eigenvalue weighted by Crippen LogP contribution is -2.20. The number of nitrogens with one attached hydrogen (secondary N) is 1. The van der Waals surface area contributed by atoms with Gasteiger partial charge in [-0.25, -0.2) is 4.68 Å². The number of rotatable bonds is 3. The van der Waals surface area contributed by atoms with E-state index >= 15 is 0 Å². The molecule has 1 aromatic carbocycles. The molecule has 0 saturated heterocycles. The van der Waals surface area contributed by atoms with E-state index in [1.165, 1.54) is 6.33 Å². The van der Waals surface area contributed by atoms with E-state index in [-0.39, 0.29) is 11.8 Å². The van der Waals surface area contributed by atoms with Gasteiger partial charge in [0.1, 0.15) is 6.33 Å². The third-order valence-corrected chi connectivity index (χ3v) is 3.82. The molecule has 1 aliphatic rings. The number of aromatic nitrogens is 4. The average Bonchev–Trinajstić information content (AvgIpc) is 3.14. The maximum atomic E-state index is 12.2. The summed E-state index contributed by atoms with van der Waals surface area (Å²) < 4.78 is 1.57. The smallest absolute Gasteiger partial charge is 0.227 e. The van der Waals surface area contributed by atoms with Gasteiger partial charge in [-0.3, -0.25) is 4.79 Å². The highest BCUT2D eigenvalue weighted by Crippen LogP contribution is 2.27. The van der Waals surface area contributed by atoms with Crippen molar-refractivity contribution in [3.05, 3.63) is 30.1 Å². The van der Waals surface area contributed by atoms with E-state index < -0.39 is 0 Å². The summed E-state index contributed by atoms with van der Waals surface area (Å²) in [6.45, 7) is 1.98. The molecule has 1 aromatic heterocycles. The van der Waals surface area contributed by atoms with Crippen molar-refractivity contribution in [1.29, 1.82) is 0 Å². The first-order valence-electron chi connectivity index (χ1n) is 6.89. The van der Waals surface area contributed by atoms with E-state index in [9.17, 15) is 4.79 Å². The zero-order valence-electron chi connectivity index (χ0n) is 11.4. The molecule has 1 aliphatic carbocycles. The lowest BCUT2D eigenvalue weighted by atomic mass is 10.1. The molecule has 0 atom stereocenters.